The number of nitrogens with one attached hydrogen (secondary N) is 1. The van der Waals surface area contributed by atoms with Gasteiger partial charge in [0.2, 0.25) is 5.91 Å². The van der Waals surface area contributed by atoms with Gasteiger partial charge in [-0.2, -0.15) is 0 Å². The summed E-state index contributed by atoms with van der Waals surface area (Å²) in [5, 5.41) is 5.97. The number of amides is 1. The molecule has 0 bridgehead atoms. The van der Waals surface area contributed by atoms with Crippen molar-refractivity contribution in [3.8, 4) is 0 Å². The van der Waals surface area contributed by atoms with Crippen LogP contribution in [0.5, 0.6) is 0 Å². The van der Waals surface area contributed by atoms with Crippen LogP contribution in [0.4, 0.5) is 5.69 Å². The van der Waals surface area contributed by atoms with E-state index in [0.29, 0.717) is 0 Å². The first kappa shape index (κ1) is 10.7. The number of fused-ring (bicyclic) bond motifs is 3. The van der Waals surface area contributed by atoms with Crippen LogP contribution in [0.25, 0.3) is 21.7 Å². The fourth-order valence-electron chi connectivity index (χ4n) is 2.21. The molecule has 0 saturated carbocycles. The van der Waals surface area contributed by atoms with Crippen molar-refractivity contribution in [3.05, 3.63) is 48.7 Å². The summed E-state index contributed by atoms with van der Waals surface area (Å²) in [6.45, 7) is 1.52. The monoisotopic (exact) mass is 236 g/mol. The summed E-state index contributed by atoms with van der Waals surface area (Å²) in [6.07, 6.45) is 1.78. The van der Waals surface area contributed by atoms with Crippen molar-refractivity contribution in [1.82, 2.24) is 4.98 Å². The predicted octanol–water partition coefficient (Wildman–Crippen LogP) is 3.35. The number of carbonyl (C=O) groups excluding carboxylic acids is 1. The first-order valence-electron chi connectivity index (χ1n) is 5.80. The lowest BCUT2D eigenvalue weighted by Crippen LogP contribution is -2.06. The third-order valence-electron chi connectivity index (χ3n) is 2.92. The molecule has 3 rings (SSSR count). The molecular formula is C15H12N2O. The number of nitrogens with zero attached hydrogens (tertiary/aromatic N) is 1. The first-order chi connectivity index (χ1) is 8.75. The zero-order valence-electron chi connectivity index (χ0n) is 9.97. The first-order valence-corrected chi connectivity index (χ1v) is 5.80. The Labute approximate surface area is 104 Å². The summed E-state index contributed by atoms with van der Waals surface area (Å²) in [5.74, 6) is -0.0663. The predicted molar refractivity (Wildman–Crippen MR) is 73.6 cm³/mol. The van der Waals surface area contributed by atoms with Crippen molar-refractivity contribution in [2.24, 2.45) is 0 Å². The minimum atomic E-state index is -0.0663. The van der Waals surface area contributed by atoms with E-state index in [2.05, 4.69) is 10.3 Å². The molecular weight excluding hydrogens is 224 g/mol. The third kappa shape index (κ3) is 1.70. The van der Waals surface area contributed by atoms with E-state index in [1.54, 1.807) is 6.20 Å². The Morgan fingerprint density at radius 1 is 1.11 bits per heavy atom. The minimum Gasteiger partial charge on any atom is -0.326 e. The number of rotatable bonds is 1. The molecule has 0 unspecified atom stereocenters. The number of carbonyl (C=O) groups is 1. The van der Waals surface area contributed by atoms with Gasteiger partial charge in [0, 0.05) is 35.0 Å². The Hall–Kier alpha value is -2.42. The molecule has 0 fully saturated rings. The molecule has 1 N–H and O–H groups in total. The van der Waals surface area contributed by atoms with Crippen molar-refractivity contribution in [1.29, 1.82) is 0 Å². The molecule has 3 nitrogen and oxygen atoms in total. The maximum atomic E-state index is 11.3. The summed E-state index contributed by atoms with van der Waals surface area (Å²) in [7, 11) is 0. The molecule has 0 spiro atoms. The number of hydrogen-bond acceptors (Lipinski definition) is 2. The molecule has 0 aliphatic carbocycles. The van der Waals surface area contributed by atoms with Crippen molar-refractivity contribution < 1.29 is 4.79 Å². The Balaban J connectivity index is 2.42. The Morgan fingerprint density at radius 2 is 1.89 bits per heavy atom. The maximum Gasteiger partial charge on any atom is 0.221 e. The van der Waals surface area contributed by atoms with Crippen LogP contribution in [0.1, 0.15) is 6.92 Å². The van der Waals surface area contributed by atoms with Gasteiger partial charge in [0.15, 0.2) is 0 Å². The SMILES string of the molecule is CC(=O)Nc1cc2cccnc2c2ccccc12. The summed E-state index contributed by atoms with van der Waals surface area (Å²) in [6, 6.07) is 13.8. The molecule has 0 aliphatic rings. The van der Waals surface area contributed by atoms with E-state index in [4.69, 9.17) is 0 Å². The molecule has 0 atom stereocenters. The number of benzene rings is 2. The molecule has 0 radical (unpaired) electrons. The van der Waals surface area contributed by atoms with Gasteiger partial charge in [0.1, 0.15) is 0 Å². The zero-order chi connectivity index (χ0) is 12.5. The lowest BCUT2D eigenvalue weighted by Gasteiger charge is -2.09. The molecule has 1 amide bonds. The Bertz CT molecular complexity index is 750. The second kappa shape index (κ2) is 4.11. The van der Waals surface area contributed by atoms with Crippen LogP contribution in [0.2, 0.25) is 0 Å². The summed E-state index contributed by atoms with van der Waals surface area (Å²) >= 11 is 0. The molecule has 3 aromatic rings. The van der Waals surface area contributed by atoms with E-state index in [1.165, 1.54) is 6.92 Å². The fraction of sp³-hybridized carbons (Fsp3) is 0.0667. The molecule has 0 saturated heterocycles. The van der Waals surface area contributed by atoms with Gasteiger partial charge in [-0.15, -0.1) is 0 Å². The third-order valence-corrected chi connectivity index (χ3v) is 2.92. The number of hydrogen-bond donors (Lipinski definition) is 1. The summed E-state index contributed by atoms with van der Waals surface area (Å²) < 4.78 is 0. The average Bonchev–Trinajstić information content (AvgIpc) is 2.38. The topological polar surface area (TPSA) is 42.0 Å². The molecule has 18 heavy (non-hydrogen) atoms. The summed E-state index contributed by atoms with van der Waals surface area (Å²) in [4.78, 5) is 15.7. The normalized spacial score (nSPS) is 10.7. The second-order valence-electron chi connectivity index (χ2n) is 4.23. The number of anilines is 1. The fourth-order valence-corrected chi connectivity index (χ4v) is 2.21. The van der Waals surface area contributed by atoms with Crippen molar-refractivity contribution >= 4 is 33.3 Å². The zero-order valence-corrected chi connectivity index (χ0v) is 9.97. The Kier molecular flexibility index (Phi) is 2.45. The van der Waals surface area contributed by atoms with E-state index in [1.807, 2.05) is 42.5 Å². The van der Waals surface area contributed by atoms with E-state index in [9.17, 15) is 4.79 Å². The van der Waals surface area contributed by atoms with Gasteiger partial charge in [-0.1, -0.05) is 30.3 Å². The molecule has 88 valence electrons. The van der Waals surface area contributed by atoms with Gasteiger partial charge in [0.05, 0.1) is 5.52 Å². The van der Waals surface area contributed by atoms with Crippen LogP contribution in [0.3, 0.4) is 0 Å². The van der Waals surface area contributed by atoms with E-state index >= 15 is 0 Å². The Morgan fingerprint density at radius 3 is 2.67 bits per heavy atom. The highest BCUT2D eigenvalue weighted by Crippen LogP contribution is 2.30. The van der Waals surface area contributed by atoms with Crippen LogP contribution < -0.4 is 5.32 Å². The van der Waals surface area contributed by atoms with Crippen molar-refractivity contribution in [2.45, 2.75) is 6.92 Å². The van der Waals surface area contributed by atoms with E-state index in [0.717, 1.165) is 27.4 Å². The number of aromatic nitrogens is 1. The van der Waals surface area contributed by atoms with Gasteiger partial charge < -0.3 is 5.32 Å². The average molecular weight is 236 g/mol. The van der Waals surface area contributed by atoms with Gasteiger partial charge in [0.25, 0.3) is 0 Å². The lowest BCUT2D eigenvalue weighted by atomic mass is 10.0. The molecule has 1 aromatic heterocycles. The van der Waals surface area contributed by atoms with E-state index < -0.39 is 0 Å². The molecule has 2 aromatic carbocycles. The maximum absolute atomic E-state index is 11.3. The second-order valence-corrected chi connectivity index (χ2v) is 4.23. The van der Waals surface area contributed by atoms with Crippen LogP contribution in [0, 0.1) is 0 Å². The molecule has 3 heteroatoms. The largest absolute Gasteiger partial charge is 0.326 e. The highest BCUT2D eigenvalue weighted by Gasteiger charge is 2.07. The number of pyridine rings is 1. The van der Waals surface area contributed by atoms with Crippen molar-refractivity contribution in [3.63, 3.8) is 0 Å². The lowest BCUT2D eigenvalue weighted by molar-refractivity contribution is -0.114. The van der Waals surface area contributed by atoms with E-state index in [-0.39, 0.29) is 5.91 Å². The van der Waals surface area contributed by atoms with Crippen LogP contribution in [-0.2, 0) is 4.79 Å². The highest BCUT2D eigenvalue weighted by atomic mass is 16.1. The molecule has 1 heterocycles. The van der Waals surface area contributed by atoms with Gasteiger partial charge in [-0.05, 0) is 12.1 Å². The standard InChI is InChI=1S/C15H12N2O/c1-10(18)17-14-9-11-5-4-8-16-15(11)13-7-3-2-6-12(13)14/h2-9H,1H3,(H,17,18). The van der Waals surface area contributed by atoms with Gasteiger partial charge in [-0.25, -0.2) is 0 Å². The quantitative estimate of drug-likeness (QED) is 0.658. The van der Waals surface area contributed by atoms with Crippen LogP contribution in [-0.4, -0.2) is 10.9 Å². The van der Waals surface area contributed by atoms with Crippen LogP contribution >= 0.6 is 0 Å². The smallest absolute Gasteiger partial charge is 0.221 e. The van der Waals surface area contributed by atoms with Crippen molar-refractivity contribution in [2.75, 3.05) is 5.32 Å². The highest BCUT2D eigenvalue weighted by molar-refractivity contribution is 6.13. The van der Waals surface area contributed by atoms with Crippen LogP contribution in [0.15, 0.2) is 48.7 Å². The summed E-state index contributed by atoms with van der Waals surface area (Å²) in [5.41, 5.74) is 1.79. The van der Waals surface area contributed by atoms with Gasteiger partial charge >= 0.3 is 0 Å². The minimum absolute atomic E-state index is 0.0663. The van der Waals surface area contributed by atoms with Gasteiger partial charge in [-0.3, -0.25) is 9.78 Å². The molecule has 0 aliphatic heterocycles.